The van der Waals surface area contributed by atoms with E-state index < -0.39 is 6.04 Å². The molecule has 0 amide bonds. The predicted octanol–water partition coefficient (Wildman–Crippen LogP) is 3.49. The highest BCUT2D eigenvalue weighted by Gasteiger charge is 2.35. The maximum atomic E-state index is 11.0. The van der Waals surface area contributed by atoms with Crippen LogP contribution in [0.4, 0.5) is 0 Å². The normalized spacial score (nSPS) is 24.9. The lowest BCUT2D eigenvalue weighted by atomic mass is 9.84. The molecular formula is C12H12BrNO2. The quantitative estimate of drug-likeness (QED) is 0.615. The number of nitrogens with zero attached hydrogens (tertiary/aromatic N) is 1. The predicted molar refractivity (Wildman–Crippen MR) is 66.2 cm³/mol. The number of allylic oxidation sites excluding steroid dienone is 1. The fraction of sp³-hybridized carbons (Fsp3) is 0.333. The van der Waals surface area contributed by atoms with Gasteiger partial charge in [0.2, 0.25) is 6.04 Å². The van der Waals surface area contributed by atoms with Crippen LogP contribution in [0, 0.1) is 10.1 Å². The van der Waals surface area contributed by atoms with Crippen LogP contribution in [0.25, 0.3) is 0 Å². The first-order valence-corrected chi connectivity index (χ1v) is 6.00. The summed E-state index contributed by atoms with van der Waals surface area (Å²) in [5, 5.41) is 11.0. The first kappa shape index (κ1) is 11.3. The summed E-state index contributed by atoms with van der Waals surface area (Å²) < 4.78 is 0.946. The van der Waals surface area contributed by atoms with Crippen LogP contribution in [0.15, 0.2) is 40.9 Å². The van der Waals surface area contributed by atoms with Gasteiger partial charge in [0, 0.05) is 11.3 Å². The van der Waals surface area contributed by atoms with Gasteiger partial charge in [-0.15, -0.1) is 0 Å². The Morgan fingerprint density at radius 3 is 2.62 bits per heavy atom. The number of rotatable bonds is 2. The number of halogens is 1. The van der Waals surface area contributed by atoms with E-state index in [1.165, 1.54) is 0 Å². The van der Waals surface area contributed by atoms with E-state index in [-0.39, 0.29) is 10.8 Å². The molecule has 0 radical (unpaired) electrons. The summed E-state index contributed by atoms with van der Waals surface area (Å²) in [7, 11) is 0. The van der Waals surface area contributed by atoms with E-state index in [1.54, 1.807) is 0 Å². The van der Waals surface area contributed by atoms with Crippen molar-refractivity contribution in [2.45, 2.75) is 24.8 Å². The third-order valence-electron chi connectivity index (χ3n) is 2.96. The largest absolute Gasteiger partial charge is 0.264 e. The van der Waals surface area contributed by atoms with Gasteiger partial charge in [-0.25, -0.2) is 0 Å². The molecule has 0 N–H and O–H groups in total. The molecule has 0 heterocycles. The van der Waals surface area contributed by atoms with Crippen LogP contribution >= 0.6 is 15.9 Å². The molecule has 2 unspecified atom stereocenters. The number of hydrogen-bond donors (Lipinski definition) is 0. The van der Waals surface area contributed by atoms with Crippen molar-refractivity contribution in [1.29, 1.82) is 0 Å². The van der Waals surface area contributed by atoms with Gasteiger partial charge in [-0.1, -0.05) is 52.3 Å². The Kier molecular flexibility index (Phi) is 3.39. The minimum absolute atomic E-state index is 0.00231. The van der Waals surface area contributed by atoms with E-state index >= 15 is 0 Å². The summed E-state index contributed by atoms with van der Waals surface area (Å²) in [5.74, 6) is -0.00231. The Balaban J connectivity index is 2.29. The van der Waals surface area contributed by atoms with Crippen LogP contribution in [0.5, 0.6) is 0 Å². The van der Waals surface area contributed by atoms with Crippen LogP contribution in [0.3, 0.4) is 0 Å². The van der Waals surface area contributed by atoms with Crippen molar-refractivity contribution in [3.8, 4) is 0 Å². The summed E-state index contributed by atoms with van der Waals surface area (Å²) in [6, 6.07) is 9.21. The molecule has 0 saturated heterocycles. The molecular weight excluding hydrogens is 270 g/mol. The zero-order valence-corrected chi connectivity index (χ0v) is 10.3. The van der Waals surface area contributed by atoms with Crippen molar-refractivity contribution >= 4 is 15.9 Å². The van der Waals surface area contributed by atoms with E-state index in [0.29, 0.717) is 6.42 Å². The molecule has 16 heavy (non-hydrogen) atoms. The molecule has 4 heteroatoms. The lowest BCUT2D eigenvalue weighted by Crippen LogP contribution is -2.29. The van der Waals surface area contributed by atoms with E-state index in [4.69, 9.17) is 0 Å². The highest BCUT2D eigenvalue weighted by Crippen LogP contribution is 2.35. The summed E-state index contributed by atoms with van der Waals surface area (Å²) in [6.45, 7) is 0. The molecule has 0 fully saturated rings. The van der Waals surface area contributed by atoms with E-state index in [9.17, 15) is 10.1 Å². The molecule has 1 aromatic rings. The van der Waals surface area contributed by atoms with Crippen molar-refractivity contribution in [2.75, 3.05) is 0 Å². The van der Waals surface area contributed by atoms with Crippen molar-refractivity contribution in [2.24, 2.45) is 0 Å². The molecule has 1 aromatic carbocycles. The second kappa shape index (κ2) is 4.78. The third-order valence-corrected chi connectivity index (χ3v) is 3.61. The van der Waals surface area contributed by atoms with Crippen molar-refractivity contribution in [1.82, 2.24) is 0 Å². The third kappa shape index (κ3) is 2.32. The second-order valence-electron chi connectivity index (χ2n) is 3.96. The summed E-state index contributed by atoms with van der Waals surface area (Å²) in [6.07, 6.45) is 3.26. The Morgan fingerprint density at radius 1 is 1.31 bits per heavy atom. The maximum Gasteiger partial charge on any atom is 0.224 e. The standard InChI is InChI=1S/C12H12BrNO2/c13-10-6-7-11(12(8-10)14(15)16)9-4-2-1-3-5-9/h1-6,11-12H,7-8H2. The first-order chi connectivity index (χ1) is 7.68. The lowest BCUT2D eigenvalue weighted by molar-refractivity contribution is -0.526. The number of hydrogen-bond acceptors (Lipinski definition) is 2. The molecule has 1 aliphatic rings. The lowest BCUT2D eigenvalue weighted by Gasteiger charge is -2.23. The molecule has 0 saturated carbocycles. The van der Waals surface area contributed by atoms with Gasteiger partial charge < -0.3 is 0 Å². The molecule has 2 rings (SSSR count). The second-order valence-corrected chi connectivity index (χ2v) is 4.98. The molecule has 0 bridgehead atoms. The first-order valence-electron chi connectivity index (χ1n) is 5.21. The van der Waals surface area contributed by atoms with Gasteiger partial charge >= 0.3 is 0 Å². The van der Waals surface area contributed by atoms with Gasteiger partial charge in [0.05, 0.1) is 5.92 Å². The van der Waals surface area contributed by atoms with Crippen molar-refractivity contribution in [3.05, 3.63) is 56.6 Å². The smallest absolute Gasteiger partial charge is 0.224 e. The highest BCUT2D eigenvalue weighted by molar-refractivity contribution is 9.11. The van der Waals surface area contributed by atoms with Crippen LogP contribution in [0.1, 0.15) is 24.3 Å². The fourth-order valence-corrected chi connectivity index (χ4v) is 2.64. The minimum Gasteiger partial charge on any atom is -0.264 e. The maximum absolute atomic E-state index is 11.0. The minimum atomic E-state index is -0.512. The molecule has 0 aliphatic heterocycles. The topological polar surface area (TPSA) is 43.1 Å². The summed E-state index contributed by atoms with van der Waals surface area (Å²) in [4.78, 5) is 10.9. The van der Waals surface area contributed by atoms with Crippen LogP contribution < -0.4 is 0 Å². The Labute approximate surface area is 102 Å². The molecule has 84 valence electrons. The zero-order valence-electron chi connectivity index (χ0n) is 8.67. The summed E-state index contributed by atoms with van der Waals surface area (Å²) in [5.41, 5.74) is 1.06. The fourth-order valence-electron chi connectivity index (χ4n) is 2.12. The van der Waals surface area contributed by atoms with Crippen molar-refractivity contribution in [3.63, 3.8) is 0 Å². The van der Waals surface area contributed by atoms with Crippen LogP contribution in [0.2, 0.25) is 0 Å². The van der Waals surface area contributed by atoms with Gasteiger partial charge in [-0.05, 0) is 16.5 Å². The van der Waals surface area contributed by atoms with E-state index in [0.717, 1.165) is 16.5 Å². The zero-order chi connectivity index (χ0) is 11.5. The molecule has 1 aliphatic carbocycles. The van der Waals surface area contributed by atoms with E-state index in [2.05, 4.69) is 15.9 Å². The monoisotopic (exact) mass is 281 g/mol. The Morgan fingerprint density at radius 2 is 2.00 bits per heavy atom. The van der Waals surface area contributed by atoms with Crippen LogP contribution in [-0.2, 0) is 0 Å². The van der Waals surface area contributed by atoms with Gasteiger partial charge in [-0.2, -0.15) is 0 Å². The van der Waals surface area contributed by atoms with Crippen molar-refractivity contribution < 1.29 is 4.92 Å². The SMILES string of the molecule is O=[N+]([O-])C1CC(Br)=CCC1c1ccccc1. The van der Waals surface area contributed by atoms with E-state index in [1.807, 2.05) is 36.4 Å². The molecule has 2 atom stereocenters. The summed E-state index contributed by atoms with van der Waals surface area (Å²) >= 11 is 3.35. The Hall–Kier alpha value is -1.16. The van der Waals surface area contributed by atoms with Gasteiger partial charge in [0.1, 0.15) is 0 Å². The molecule has 0 aromatic heterocycles. The highest BCUT2D eigenvalue weighted by atomic mass is 79.9. The molecule has 0 spiro atoms. The average Bonchev–Trinajstić information content (AvgIpc) is 2.30. The van der Waals surface area contributed by atoms with Gasteiger partial charge in [0.15, 0.2) is 0 Å². The molecule has 3 nitrogen and oxygen atoms in total. The van der Waals surface area contributed by atoms with Crippen LogP contribution in [-0.4, -0.2) is 11.0 Å². The number of benzene rings is 1. The Bertz CT molecular complexity index is 416. The average molecular weight is 282 g/mol. The van der Waals surface area contributed by atoms with Gasteiger partial charge in [-0.3, -0.25) is 10.1 Å². The number of nitro groups is 1. The van der Waals surface area contributed by atoms with Gasteiger partial charge in [0.25, 0.3) is 0 Å².